The average molecular weight is 478 g/mol. The Morgan fingerprint density at radius 3 is 2.46 bits per heavy atom. The minimum absolute atomic E-state index is 0.0332. The quantitative estimate of drug-likeness (QED) is 0.463. The first kappa shape index (κ1) is 24.5. The maximum atomic E-state index is 12.8. The van der Waals surface area contributed by atoms with Gasteiger partial charge in [-0.1, -0.05) is 54.0 Å². The van der Waals surface area contributed by atoms with Crippen LogP contribution in [0.1, 0.15) is 47.0 Å². The molecule has 1 atom stereocenters. The molecule has 2 aromatic carbocycles. The van der Waals surface area contributed by atoms with Crippen LogP contribution in [0.3, 0.4) is 0 Å². The van der Waals surface area contributed by atoms with E-state index in [1.54, 1.807) is 14.0 Å². The predicted molar refractivity (Wildman–Crippen MR) is 131 cm³/mol. The minimum atomic E-state index is -0.638. The second kappa shape index (κ2) is 11.7. The van der Waals surface area contributed by atoms with Gasteiger partial charge in [0.15, 0.2) is 6.61 Å². The number of hydrogen-bond acceptors (Lipinski definition) is 7. The van der Waals surface area contributed by atoms with E-state index in [1.807, 2.05) is 54.6 Å². The number of esters is 1. The van der Waals surface area contributed by atoms with Crippen LogP contribution < -0.4 is 10.1 Å². The van der Waals surface area contributed by atoms with Gasteiger partial charge < -0.3 is 19.3 Å². The highest BCUT2D eigenvalue weighted by atomic mass is 16.5. The maximum Gasteiger partial charge on any atom is 0.344 e. The van der Waals surface area contributed by atoms with Crippen molar-refractivity contribution in [2.24, 2.45) is 0 Å². The van der Waals surface area contributed by atoms with Crippen molar-refractivity contribution in [2.75, 3.05) is 33.4 Å². The van der Waals surface area contributed by atoms with Crippen molar-refractivity contribution in [3.63, 3.8) is 0 Å². The van der Waals surface area contributed by atoms with Gasteiger partial charge in [0.2, 0.25) is 0 Å². The van der Waals surface area contributed by atoms with Gasteiger partial charge in [-0.05, 0) is 50.6 Å². The van der Waals surface area contributed by atoms with Crippen LogP contribution in [-0.2, 0) is 9.53 Å². The van der Waals surface area contributed by atoms with Crippen LogP contribution in [0, 0.1) is 6.92 Å². The van der Waals surface area contributed by atoms with Gasteiger partial charge in [0, 0.05) is 12.1 Å². The molecule has 1 fully saturated rings. The number of ether oxygens (including phenoxy) is 2. The number of hydrogen-bond donors (Lipinski definition) is 1. The summed E-state index contributed by atoms with van der Waals surface area (Å²) in [6, 6.07) is 17.2. The molecule has 1 N–H and O–H groups in total. The molecule has 0 spiro atoms. The number of rotatable bonds is 9. The third-order valence-corrected chi connectivity index (χ3v) is 6.27. The van der Waals surface area contributed by atoms with Crippen molar-refractivity contribution >= 4 is 11.9 Å². The van der Waals surface area contributed by atoms with E-state index < -0.39 is 5.97 Å². The molecule has 1 aromatic heterocycles. The van der Waals surface area contributed by atoms with Crippen LogP contribution in [0.15, 0.2) is 59.1 Å². The number of amides is 1. The lowest BCUT2D eigenvalue weighted by Gasteiger charge is -2.35. The van der Waals surface area contributed by atoms with Crippen LogP contribution in [0.25, 0.3) is 11.3 Å². The summed E-state index contributed by atoms with van der Waals surface area (Å²) in [4.78, 5) is 27.8. The Hall–Kier alpha value is -3.65. The van der Waals surface area contributed by atoms with E-state index in [4.69, 9.17) is 14.0 Å². The molecule has 0 bridgehead atoms. The van der Waals surface area contributed by atoms with Crippen LogP contribution >= 0.6 is 0 Å². The summed E-state index contributed by atoms with van der Waals surface area (Å²) in [5.41, 5.74) is 2.48. The van der Waals surface area contributed by atoms with Gasteiger partial charge in [0.1, 0.15) is 22.8 Å². The highest BCUT2D eigenvalue weighted by Crippen LogP contribution is 2.27. The first-order chi connectivity index (χ1) is 17.1. The fourth-order valence-corrected chi connectivity index (χ4v) is 4.38. The number of nitrogens with one attached hydrogen (secondary N) is 1. The normalized spacial score (nSPS) is 14.8. The van der Waals surface area contributed by atoms with E-state index in [2.05, 4.69) is 15.4 Å². The zero-order chi connectivity index (χ0) is 24.6. The summed E-state index contributed by atoms with van der Waals surface area (Å²) in [5.74, 6) is 0.143. The fourth-order valence-electron chi connectivity index (χ4n) is 4.38. The molecule has 1 aliphatic heterocycles. The van der Waals surface area contributed by atoms with Crippen molar-refractivity contribution in [3.05, 3.63) is 71.5 Å². The molecule has 1 aliphatic rings. The number of methoxy groups -OCH3 is 1. The molecule has 4 rings (SSSR count). The molecule has 8 nitrogen and oxygen atoms in total. The van der Waals surface area contributed by atoms with Gasteiger partial charge >= 0.3 is 5.97 Å². The average Bonchev–Trinajstić information content (AvgIpc) is 3.30. The standard InChI is InChI=1S/C27H31N3O5/c1-19-25(26(29-35-19)21-9-5-3-6-10-21)27(32)34-18-24(31)28-17-23(30-15-7-4-8-16-30)20-11-13-22(33-2)14-12-20/h3,5-6,9-14,23H,4,7-8,15-18H2,1-2H3,(H,28,31)/t23-/m0/s1. The molecule has 0 aliphatic carbocycles. The van der Waals surface area contributed by atoms with E-state index in [9.17, 15) is 9.59 Å². The van der Waals surface area contributed by atoms with Crippen LogP contribution in [0.4, 0.5) is 0 Å². The summed E-state index contributed by atoms with van der Waals surface area (Å²) in [5, 5.41) is 6.94. The Balaban J connectivity index is 1.37. The Labute approximate surface area is 205 Å². The highest BCUT2D eigenvalue weighted by Gasteiger charge is 2.25. The molecule has 1 saturated heterocycles. The third-order valence-electron chi connectivity index (χ3n) is 6.27. The summed E-state index contributed by atoms with van der Waals surface area (Å²) >= 11 is 0. The maximum absolute atomic E-state index is 12.8. The van der Waals surface area contributed by atoms with Crippen molar-refractivity contribution < 1.29 is 23.6 Å². The lowest BCUT2D eigenvalue weighted by molar-refractivity contribution is -0.124. The Morgan fingerprint density at radius 2 is 1.77 bits per heavy atom. The lowest BCUT2D eigenvalue weighted by Crippen LogP contribution is -2.41. The Kier molecular flexibility index (Phi) is 8.15. The monoisotopic (exact) mass is 477 g/mol. The largest absolute Gasteiger partial charge is 0.497 e. The number of aryl methyl sites for hydroxylation is 1. The number of likely N-dealkylation sites (tertiary alicyclic amines) is 1. The summed E-state index contributed by atoms with van der Waals surface area (Å²) in [6.07, 6.45) is 3.50. The van der Waals surface area contributed by atoms with Crippen LogP contribution in [0.5, 0.6) is 5.75 Å². The minimum Gasteiger partial charge on any atom is -0.497 e. The van der Waals surface area contributed by atoms with E-state index >= 15 is 0 Å². The number of carbonyl (C=O) groups is 2. The van der Waals surface area contributed by atoms with Gasteiger partial charge in [0.05, 0.1) is 13.2 Å². The molecule has 0 radical (unpaired) electrons. The summed E-state index contributed by atoms with van der Waals surface area (Å²) in [7, 11) is 1.64. The molecule has 8 heteroatoms. The second-order valence-corrected chi connectivity index (χ2v) is 8.59. The number of benzene rings is 2. The second-order valence-electron chi connectivity index (χ2n) is 8.59. The molecule has 35 heavy (non-hydrogen) atoms. The van der Waals surface area contributed by atoms with Crippen molar-refractivity contribution in [1.82, 2.24) is 15.4 Å². The van der Waals surface area contributed by atoms with Gasteiger partial charge in [-0.25, -0.2) is 4.79 Å². The smallest absolute Gasteiger partial charge is 0.344 e. The Bertz CT molecular complexity index is 1120. The molecular weight excluding hydrogens is 446 g/mol. The summed E-state index contributed by atoms with van der Waals surface area (Å²) < 4.78 is 15.8. The SMILES string of the molecule is COc1ccc([C@H](CNC(=O)COC(=O)c2c(-c3ccccc3)noc2C)N2CCCCC2)cc1. The number of piperidine rings is 1. The van der Waals surface area contributed by atoms with E-state index in [-0.39, 0.29) is 24.1 Å². The van der Waals surface area contributed by atoms with Crippen LogP contribution in [0.2, 0.25) is 0 Å². The third kappa shape index (κ3) is 6.08. The molecule has 3 aromatic rings. The fraction of sp³-hybridized carbons (Fsp3) is 0.370. The first-order valence-corrected chi connectivity index (χ1v) is 11.9. The molecular formula is C27H31N3O5. The van der Waals surface area contributed by atoms with Crippen LogP contribution in [-0.4, -0.2) is 55.3 Å². The molecule has 1 amide bonds. The predicted octanol–water partition coefficient (Wildman–Crippen LogP) is 4.16. The van der Waals surface area contributed by atoms with Gasteiger partial charge in [-0.2, -0.15) is 0 Å². The topological polar surface area (TPSA) is 93.9 Å². The van der Waals surface area contributed by atoms with Gasteiger partial charge in [0.25, 0.3) is 5.91 Å². The van der Waals surface area contributed by atoms with E-state index in [0.717, 1.165) is 42.8 Å². The Morgan fingerprint density at radius 1 is 1.06 bits per heavy atom. The highest BCUT2D eigenvalue weighted by molar-refractivity contribution is 5.98. The van der Waals surface area contributed by atoms with Crippen molar-refractivity contribution in [2.45, 2.75) is 32.2 Å². The van der Waals surface area contributed by atoms with Gasteiger partial charge in [-0.15, -0.1) is 0 Å². The number of carbonyl (C=O) groups excluding carboxylic acids is 2. The van der Waals surface area contributed by atoms with Crippen molar-refractivity contribution in [1.29, 1.82) is 0 Å². The summed E-state index contributed by atoms with van der Waals surface area (Å²) in [6.45, 7) is 3.65. The zero-order valence-corrected chi connectivity index (χ0v) is 20.2. The zero-order valence-electron chi connectivity index (χ0n) is 20.2. The van der Waals surface area contributed by atoms with E-state index in [0.29, 0.717) is 18.0 Å². The van der Waals surface area contributed by atoms with E-state index in [1.165, 1.54) is 6.42 Å². The molecule has 0 saturated carbocycles. The lowest BCUT2D eigenvalue weighted by atomic mass is 10.0. The molecule has 0 unspecified atom stereocenters. The molecule has 184 valence electrons. The first-order valence-electron chi connectivity index (χ1n) is 11.9. The van der Waals surface area contributed by atoms with Crippen molar-refractivity contribution in [3.8, 4) is 17.0 Å². The number of aromatic nitrogens is 1. The number of nitrogens with zero attached hydrogens (tertiary/aromatic N) is 2. The molecule has 2 heterocycles. The van der Waals surface area contributed by atoms with Gasteiger partial charge in [-0.3, -0.25) is 9.69 Å².